The summed E-state index contributed by atoms with van der Waals surface area (Å²) in [5.41, 5.74) is 3.41. The number of nitrogens with one attached hydrogen (secondary N) is 1. The number of fused-ring (bicyclic) bond motifs is 1. The van der Waals surface area contributed by atoms with Crippen LogP contribution in [0.4, 0.5) is 0 Å². The second-order valence-electron chi connectivity index (χ2n) is 4.33. The van der Waals surface area contributed by atoms with E-state index in [1.54, 1.807) is 0 Å². The van der Waals surface area contributed by atoms with E-state index in [-0.39, 0.29) is 0 Å². The minimum absolute atomic E-state index is 0.780. The zero-order chi connectivity index (χ0) is 12.4. The van der Waals surface area contributed by atoms with Gasteiger partial charge in [-0.3, -0.25) is 0 Å². The van der Waals surface area contributed by atoms with Crippen molar-refractivity contribution in [1.82, 2.24) is 9.97 Å². The Kier molecular flexibility index (Phi) is 3.03. The molecule has 0 amide bonds. The number of imidazole rings is 1. The monoisotopic (exact) mass is 256 g/mol. The molecule has 0 saturated heterocycles. The lowest BCUT2D eigenvalue weighted by Gasteiger charge is -1.99. The van der Waals surface area contributed by atoms with E-state index in [1.807, 2.05) is 36.4 Å². The van der Waals surface area contributed by atoms with Crippen LogP contribution in [0.5, 0.6) is 0 Å². The van der Waals surface area contributed by atoms with Crippen molar-refractivity contribution in [2.45, 2.75) is 12.8 Å². The SMILES string of the molecule is Clc1ccc(CCc2nc3ccccc3[nH]2)cc1. The van der Waals surface area contributed by atoms with Gasteiger partial charge < -0.3 is 4.98 Å². The third-order valence-corrected chi connectivity index (χ3v) is 3.25. The zero-order valence-corrected chi connectivity index (χ0v) is 10.6. The van der Waals surface area contributed by atoms with Gasteiger partial charge in [0.25, 0.3) is 0 Å². The maximum Gasteiger partial charge on any atom is 0.107 e. The van der Waals surface area contributed by atoms with Gasteiger partial charge in [0.2, 0.25) is 0 Å². The molecule has 0 aliphatic carbocycles. The molecule has 0 unspecified atom stereocenters. The van der Waals surface area contributed by atoms with Crippen molar-refractivity contribution < 1.29 is 0 Å². The molecule has 3 rings (SSSR count). The lowest BCUT2D eigenvalue weighted by molar-refractivity contribution is 0.890. The van der Waals surface area contributed by atoms with Gasteiger partial charge in [-0.1, -0.05) is 35.9 Å². The third-order valence-electron chi connectivity index (χ3n) is 3.00. The minimum Gasteiger partial charge on any atom is -0.342 e. The predicted molar refractivity (Wildman–Crippen MR) is 75.0 cm³/mol. The number of nitrogens with zero attached hydrogens (tertiary/aromatic N) is 1. The molecule has 2 nitrogen and oxygen atoms in total. The molecule has 0 radical (unpaired) electrons. The molecule has 90 valence electrons. The van der Waals surface area contributed by atoms with Crippen LogP contribution in [0, 0.1) is 0 Å². The smallest absolute Gasteiger partial charge is 0.107 e. The van der Waals surface area contributed by atoms with Gasteiger partial charge in [-0.25, -0.2) is 4.98 Å². The Morgan fingerprint density at radius 1 is 0.944 bits per heavy atom. The second kappa shape index (κ2) is 4.83. The maximum atomic E-state index is 5.86. The number of halogens is 1. The Morgan fingerprint density at radius 2 is 1.72 bits per heavy atom. The molecule has 0 saturated carbocycles. The molecular formula is C15H13ClN2. The van der Waals surface area contributed by atoms with Crippen molar-refractivity contribution in [2.24, 2.45) is 0 Å². The number of H-pyrrole nitrogens is 1. The van der Waals surface area contributed by atoms with Crippen LogP contribution in [0.1, 0.15) is 11.4 Å². The molecule has 0 atom stereocenters. The molecule has 2 aromatic carbocycles. The quantitative estimate of drug-likeness (QED) is 0.754. The third kappa shape index (κ3) is 2.39. The summed E-state index contributed by atoms with van der Waals surface area (Å²) in [7, 11) is 0. The summed E-state index contributed by atoms with van der Waals surface area (Å²) in [6, 6.07) is 16.1. The van der Waals surface area contributed by atoms with Crippen molar-refractivity contribution in [3.8, 4) is 0 Å². The number of aromatic nitrogens is 2. The van der Waals surface area contributed by atoms with E-state index < -0.39 is 0 Å². The Labute approximate surface area is 111 Å². The van der Waals surface area contributed by atoms with E-state index in [0.29, 0.717) is 0 Å². The van der Waals surface area contributed by atoms with E-state index in [2.05, 4.69) is 22.1 Å². The topological polar surface area (TPSA) is 28.7 Å². The van der Waals surface area contributed by atoms with Crippen LogP contribution in [0.3, 0.4) is 0 Å². The van der Waals surface area contributed by atoms with Crippen LogP contribution in [0.2, 0.25) is 5.02 Å². The van der Waals surface area contributed by atoms with Gasteiger partial charge in [-0.15, -0.1) is 0 Å². The first-order chi connectivity index (χ1) is 8.81. The van der Waals surface area contributed by atoms with Gasteiger partial charge in [0.15, 0.2) is 0 Å². The van der Waals surface area contributed by atoms with E-state index >= 15 is 0 Å². The summed E-state index contributed by atoms with van der Waals surface area (Å²) in [6.07, 6.45) is 1.88. The highest BCUT2D eigenvalue weighted by molar-refractivity contribution is 6.30. The first kappa shape index (κ1) is 11.3. The zero-order valence-electron chi connectivity index (χ0n) is 9.86. The molecule has 1 heterocycles. The molecule has 1 aromatic heterocycles. The van der Waals surface area contributed by atoms with Crippen LogP contribution in [0.25, 0.3) is 11.0 Å². The number of aryl methyl sites for hydroxylation is 2. The highest BCUT2D eigenvalue weighted by Crippen LogP contribution is 2.14. The highest BCUT2D eigenvalue weighted by atomic mass is 35.5. The lowest BCUT2D eigenvalue weighted by Crippen LogP contribution is -1.93. The van der Waals surface area contributed by atoms with E-state index in [0.717, 1.165) is 34.7 Å². The van der Waals surface area contributed by atoms with Gasteiger partial charge >= 0.3 is 0 Å². The van der Waals surface area contributed by atoms with Crippen LogP contribution >= 0.6 is 11.6 Å². The fourth-order valence-corrected chi connectivity index (χ4v) is 2.16. The summed E-state index contributed by atoms with van der Waals surface area (Å²) in [4.78, 5) is 7.90. The summed E-state index contributed by atoms with van der Waals surface area (Å²) in [6.45, 7) is 0. The lowest BCUT2D eigenvalue weighted by atomic mass is 10.1. The molecule has 1 N–H and O–H groups in total. The van der Waals surface area contributed by atoms with Gasteiger partial charge in [0.05, 0.1) is 11.0 Å². The van der Waals surface area contributed by atoms with Gasteiger partial charge in [-0.05, 0) is 36.2 Å². The van der Waals surface area contributed by atoms with Crippen molar-refractivity contribution in [1.29, 1.82) is 0 Å². The Morgan fingerprint density at radius 3 is 2.50 bits per heavy atom. The summed E-state index contributed by atoms with van der Waals surface area (Å²) in [5.74, 6) is 1.03. The number of para-hydroxylation sites is 2. The maximum absolute atomic E-state index is 5.86. The Balaban J connectivity index is 1.74. The van der Waals surface area contributed by atoms with E-state index in [1.165, 1.54) is 5.56 Å². The molecule has 0 spiro atoms. The normalized spacial score (nSPS) is 10.9. The molecule has 3 heteroatoms. The predicted octanol–water partition coefficient (Wildman–Crippen LogP) is 4.00. The van der Waals surface area contributed by atoms with Gasteiger partial charge in [-0.2, -0.15) is 0 Å². The number of aromatic amines is 1. The number of rotatable bonds is 3. The Hall–Kier alpha value is -1.80. The summed E-state index contributed by atoms with van der Waals surface area (Å²) in [5, 5.41) is 0.780. The van der Waals surface area contributed by atoms with Crippen molar-refractivity contribution in [3.05, 3.63) is 64.9 Å². The van der Waals surface area contributed by atoms with Crippen molar-refractivity contribution >= 4 is 22.6 Å². The number of benzene rings is 2. The summed E-state index contributed by atoms with van der Waals surface area (Å²) >= 11 is 5.86. The average molecular weight is 257 g/mol. The fourth-order valence-electron chi connectivity index (χ4n) is 2.04. The van der Waals surface area contributed by atoms with Crippen LogP contribution < -0.4 is 0 Å². The van der Waals surface area contributed by atoms with E-state index in [9.17, 15) is 0 Å². The number of hydrogen-bond donors (Lipinski definition) is 1. The molecule has 0 bridgehead atoms. The number of hydrogen-bond acceptors (Lipinski definition) is 1. The van der Waals surface area contributed by atoms with Crippen LogP contribution in [0.15, 0.2) is 48.5 Å². The molecular weight excluding hydrogens is 244 g/mol. The van der Waals surface area contributed by atoms with E-state index in [4.69, 9.17) is 11.6 Å². The second-order valence-corrected chi connectivity index (χ2v) is 4.76. The standard InChI is InChI=1S/C15H13ClN2/c16-12-8-5-11(6-9-12)7-10-15-17-13-3-1-2-4-14(13)18-15/h1-6,8-9H,7,10H2,(H,17,18). The van der Waals surface area contributed by atoms with Crippen molar-refractivity contribution in [2.75, 3.05) is 0 Å². The average Bonchev–Trinajstić information content (AvgIpc) is 2.81. The van der Waals surface area contributed by atoms with Gasteiger partial charge in [0, 0.05) is 11.4 Å². The molecule has 0 fully saturated rings. The first-order valence-corrected chi connectivity index (χ1v) is 6.37. The summed E-state index contributed by atoms with van der Waals surface area (Å²) < 4.78 is 0. The van der Waals surface area contributed by atoms with Crippen LogP contribution in [-0.4, -0.2) is 9.97 Å². The van der Waals surface area contributed by atoms with Gasteiger partial charge in [0.1, 0.15) is 5.82 Å². The minimum atomic E-state index is 0.780. The Bertz CT molecular complexity index is 623. The van der Waals surface area contributed by atoms with Crippen molar-refractivity contribution in [3.63, 3.8) is 0 Å². The highest BCUT2D eigenvalue weighted by Gasteiger charge is 2.02. The molecule has 18 heavy (non-hydrogen) atoms. The van der Waals surface area contributed by atoms with Crippen LogP contribution in [-0.2, 0) is 12.8 Å². The molecule has 0 aliphatic rings. The largest absolute Gasteiger partial charge is 0.342 e. The molecule has 0 aliphatic heterocycles. The first-order valence-electron chi connectivity index (χ1n) is 5.99. The molecule has 3 aromatic rings. The fraction of sp³-hybridized carbons (Fsp3) is 0.133.